The number of hydrogen-bond donors (Lipinski definition) is 3. The van der Waals surface area contributed by atoms with Crippen molar-refractivity contribution in [3.05, 3.63) is 24.2 Å². The highest BCUT2D eigenvalue weighted by molar-refractivity contribution is 7.99. The van der Waals surface area contributed by atoms with Crippen LogP contribution < -0.4 is 10.6 Å². The zero-order valence-corrected chi connectivity index (χ0v) is 14.4. The summed E-state index contributed by atoms with van der Waals surface area (Å²) in [5, 5.41) is 17.9. The predicted octanol–water partition coefficient (Wildman–Crippen LogP) is 2.33. The van der Waals surface area contributed by atoms with Crippen molar-refractivity contribution in [1.29, 1.82) is 0 Å². The predicted molar refractivity (Wildman–Crippen MR) is 92.3 cm³/mol. The summed E-state index contributed by atoms with van der Waals surface area (Å²) < 4.78 is 5.29. The molecule has 1 saturated carbocycles. The van der Waals surface area contributed by atoms with Crippen LogP contribution in [0.2, 0.25) is 0 Å². The van der Waals surface area contributed by atoms with E-state index in [0.717, 1.165) is 17.6 Å². The minimum atomic E-state index is -1.06. The zero-order chi connectivity index (χ0) is 16.0. The Morgan fingerprint density at radius 1 is 1.55 bits per heavy atom. The van der Waals surface area contributed by atoms with E-state index in [-0.39, 0.29) is 0 Å². The van der Waals surface area contributed by atoms with E-state index in [9.17, 15) is 5.11 Å². The molecular weight excluding hydrogens is 298 g/mol. The summed E-state index contributed by atoms with van der Waals surface area (Å²) in [4.78, 5) is 4.26. The van der Waals surface area contributed by atoms with Gasteiger partial charge in [-0.15, -0.1) is 0 Å². The largest absolute Gasteiger partial charge is 0.466 e. The third-order valence-corrected chi connectivity index (χ3v) is 5.27. The summed E-state index contributed by atoms with van der Waals surface area (Å²) in [6.07, 6.45) is 8.65. The van der Waals surface area contributed by atoms with E-state index in [4.69, 9.17) is 4.42 Å². The van der Waals surface area contributed by atoms with Gasteiger partial charge in [0, 0.05) is 18.3 Å². The van der Waals surface area contributed by atoms with Crippen LogP contribution in [0.4, 0.5) is 0 Å². The molecule has 5 nitrogen and oxygen atoms in total. The number of furan rings is 1. The molecule has 3 N–H and O–H groups in total. The first-order valence-corrected chi connectivity index (χ1v) is 9.10. The Balaban J connectivity index is 1.85. The van der Waals surface area contributed by atoms with Crippen molar-refractivity contribution >= 4 is 17.7 Å². The van der Waals surface area contributed by atoms with Crippen molar-refractivity contribution in [2.75, 3.05) is 19.8 Å². The Kier molecular flexibility index (Phi) is 6.20. The average Bonchev–Trinajstić information content (AvgIpc) is 3.07. The molecule has 0 bridgehead atoms. The topological polar surface area (TPSA) is 69.8 Å². The zero-order valence-electron chi connectivity index (χ0n) is 13.6. The van der Waals surface area contributed by atoms with Crippen molar-refractivity contribution < 1.29 is 9.52 Å². The van der Waals surface area contributed by atoms with E-state index in [0.29, 0.717) is 18.3 Å². The van der Waals surface area contributed by atoms with Crippen molar-refractivity contribution in [1.82, 2.24) is 10.6 Å². The third-order valence-electron chi connectivity index (χ3n) is 4.18. The molecule has 1 aromatic heterocycles. The lowest BCUT2D eigenvalue weighted by molar-refractivity contribution is 0.0385. The molecular formula is C16H27N3O2S. The number of aliphatic imine (C=N–C) groups is 1. The molecule has 124 valence electrons. The number of rotatable bonds is 5. The van der Waals surface area contributed by atoms with Gasteiger partial charge >= 0.3 is 0 Å². The number of nitrogens with one attached hydrogen (secondary N) is 2. The fraction of sp³-hybridized carbons (Fsp3) is 0.688. The standard InChI is InChI=1S/C16H27N3O2S/c1-16(20,14-8-5-9-21-14)11-18-15(17-2)19-12-6-4-7-13(10-12)22-3/h5,8-9,12-13,20H,4,6-7,10-11H2,1-3H3,(H2,17,18,19). The maximum Gasteiger partial charge on any atom is 0.191 e. The van der Waals surface area contributed by atoms with Crippen LogP contribution in [0.25, 0.3) is 0 Å². The van der Waals surface area contributed by atoms with Gasteiger partial charge in [-0.25, -0.2) is 0 Å². The first kappa shape index (κ1) is 17.2. The second kappa shape index (κ2) is 7.92. The van der Waals surface area contributed by atoms with Crippen LogP contribution in [0, 0.1) is 0 Å². The van der Waals surface area contributed by atoms with Gasteiger partial charge in [0.15, 0.2) is 5.96 Å². The molecule has 22 heavy (non-hydrogen) atoms. The molecule has 3 unspecified atom stereocenters. The number of nitrogens with zero attached hydrogens (tertiary/aromatic N) is 1. The summed E-state index contributed by atoms with van der Waals surface area (Å²) in [5.41, 5.74) is -1.06. The second-order valence-corrected chi connectivity index (χ2v) is 7.18. The molecule has 0 saturated heterocycles. The first-order chi connectivity index (χ1) is 10.5. The van der Waals surface area contributed by atoms with E-state index in [1.54, 1.807) is 32.4 Å². The van der Waals surface area contributed by atoms with Gasteiger partial charge in [0.2, 0.25) is 0 Å². The highest BCUT2D eigenvalue weighted by Gasteiger charge is 2.27. The van der Waals surface area contributed by atoms with Crippen molar-refractivity contribution in [3.63, 3.8) is 0 Å². The quantitative estimate of drug-likeness (QED) is 0.572. The monoisotopic (exact) mass is 325 g/mol. The number of guanidine groups is 1. The molecule has 1 aliphatic carbocycles. The van der Waals surface area contributed by atoms with Gasteiger partial charge in [-0.1, -0.05) is 6.42 Å². The number of aliphatic hydroxyl groups is 1. The second-order valence-electron chi connectivity index (χ2n) is 6.04. The Morgan fingerprint density at radius 2 is 2.36 bits per heavy atom. The van der Waals surface area contributed by atoms with Crippen molar-refractivity contribution in [2.45, 2.75) is 49.5 Å². The molecule has 0 amide bonds. The Morgan fingerprint density at radius 3 is 3.00 bits per heavy atom. The van der Waals surface area contributed by atoms with Crippen LogP contribution in [0.15, 0.2) is 27.8 Å². The summed E-state index contributed by atoms with van der Waals surface area (Å²) >= 11 is 1.95. The van der Waals surface area contributed by atoms with Gasteiger partial charge in [0.25, 0.3) is 0 Å². The maximum atomic E-state index is 10.5. The first-order valence-electron chi connectivity index (χ1n) is 7.81. The summed E-state index contributed by atoms with van der Waals surface area (Å²) in [7, 11) is 1.76. The van der Waals surface area contributed by atoms with Crippen LogP contribution in [-0.4, -0.2) is 42.2 Å². The van der Waals surface area contributed by atoms with E-state index in [2.05, 4.69) is 21.9 Å². The Hall–Kier alpha value is -1.14. The Bertz CT molecular complexity index is 474. The smallest absolute Gasteiger partial charge is 0.191 e. The summed E-state index contributed by atoms with van der Waals surface area (Å²) in [6.45, 7) is 2.08. The highest BCUT2D eigenvalue weighted by atomic mass is 32.2. The fourth-order valence-electron chi connectivity index (χ4n) is 2.81. The minimum Gasteiger partial charge on any atom is -0.466 e. The van der Waals surface area contributed by atoms with E-state index < -0.39 is 5.60 Å². The summed E-state index contributed by atoms with van der Waals surface area (Å²) in [6, 6.07) is 4.01. The molecule has 6 heteroatoms. The van der Waals surface area contributed by atoms with Crippen LogP contribution in [0.3, 0.4) is 0 Å². The van der Waals surface area contributed by atoms with Crippen LogP contribution in [-0.2, 0) is 5.60 Å². The molecule has 1 fully saturated rings. The lowest BCUT2D eigenvalue weighted by atomic mass is 9.95. The van der Waals surface area contributed by atoms with Gasteiger partial charge in [0.05, 0.1) is 12.8 Å². The maximum absolute atomic E-state index is 10.5. The molecule has 1 aromatic rings. The molecule has 1 heterocycles. The van der Waals surface area contributed by atoms with Gasteiger partial charge < -0.3 is 20.2 Å². The fourth-order valence-corrected chi connectivity index (χ4v) is 3.63. The van der Waals surface area contributed by atoms with E-state index in [1.165, 1.54) is 19.3 Å². The van der Waals surface area contributed by atoms with Gasteiger partial charge in [-0.05, 0) is 44.6 Å². The highest BCUT2D eigenvalue weighted by Crippen LogP contribution is 2.26. The number of thioether (sulfide) groups is 1. The molecule has 2 rings (SSSR count). The van der Waals surface area contributed by atoms with Gasteiger partial charge in [0.1, 0.15) is 11.4 Å². The molecule has 1 aliphatic rings. The lowest BCUT2D eigenvalue weighted by Crippen LogP contribution is -2.49. The third kappa shape index (κ3) is 4.68. The summed E-state index contributed by atoms with van der Waals surface area (Å²) in [5.74, 6) is 1.29. The molecule has 0 spiro atoms. The van der Waals surface area contributed by atoms with E-state index in [1.807, 2.05) is 11.8 Å². The molecule has 0 aliphatic heterocycles. The van der Waals surface area contributed by atoms with E-state index >= 15 is 0 Å². The van der Waals surface area contributed by atoms with Crippen LogP contribution in [0.1, 0.15) is 38.4 Å². The van der Waals surface area contributed by atoms with Crippen molar-refractivity contribution in [2.24, 2.45) is 4.99 Å². The average molecular weight is 325 g/mol. The van der Waals surface area contributed by atoms with Crippen LogP contribution >= 0.6 is 11.8 Å². The van der Waals surface area contributed by atoms with Crippen LogP contribution in [0.5, 0.6) is 0 Å². The number of hydrogen-bond acceptors (Lipinski definition) is 4. The molecule has 3 atom stereocenters. The van der Waals surface area contributed by atoms with Crippen molar-refractivity contribution in [3.8, 4) is 0 Å². The lowest BCUT2D eigenvalue weighted by Gasteiger charge is -2.30. The minimum absolute atomic E-state index is 0.346. The molecule has 0 aromatic carbocycles. The molecule has 0 radical (unpaired) electrons. The van der Waals surface area contributed by atoms with Gasteiger partial charge in [-0.2, -0.15) is 11.8 Å². The normalized spacial score (nSPS) is 25.5. The SMILES string of the molecule is CN=C(NCC(C)(O)c1ccco1)NC1CCCC(SC)C1. The Labute approximate surface area is 137 Å². The van der Waals surface area contributed by atoms with Gasteiger partial charge in [-0.3, -0.25) is 4.99 Å².